The maximum absolute atomic E-state index is 5.75. The van der Waals surface area contributed by atoms with E-state index in [9.17, 15) is 0 Å². The molecule has 2 saturated carbocycles. The molecule has 0 aliphatic heterocycles. The van der Waals surface area contributed by atoms with E-state index in [0.29, 0.717) is 0 Å². The zero-order chi connectivity index (χ0) is 10.7. The number of hydrogen-bond acceptors (Lipinski definition) is 1. The first-order chi connectivity index (χ1) is 7.29. The Hall–Kier alpha value is -0.0400. The van der Waals surface area contributed by atoms with Crippen LogP contribution in [0.2, 0.25) is 0 Å². The average molecular weight is 209 g/mol. The number of hydrogen-bond donors (Lipinski definition) is 1. The Morgan fingerprint density at radius 1 is 0.800 bits per heavy atom. The van der Waals surface area contributed by atoms with E-state index in [0.717, 1.165) is 30.2 Å². The van der Waals surface area contributed by atoms with Crippen molar-refractivity contribution in [2.75, 3.05) is 6.54 Å². The lowest BCUT2D eigenvalue weighted by atomic mass is 9.69. The van der Waals surface area contributed by atoms with Crippen LogP contribution in [0.15, 0.2) is 0 Å². The van der Waals surface area contributed by atoms with E-state index < -0.39 is 0 Å². The fourth-order valence-corrected chi connectivity index (χ4v) is 3.65. The van der Waals surface area contributed by atoms with E-state index >= 15 is 0 Å². The Bertz CT molecular complexity index is 174. The predicted octanol–water partition coefficient (Wildman–Crippen LogP) is 3.58. The van der Waals surface area contributed by atoms with Gasteiger partial charge in [0.05, 0.1) is 0 Å². The summed E-state index contributed by atoms with van der Waals surface area (Å²) in [6, 6.07) is 0. The maximum atomic E-state index is 5.75. The second kappa shape index (κ2) is 5.34. The van der Waals surface area contributed by atoms with Gasteiger partial charge in [-0.15, -0.1) is 0 Å². The summed E-state index contributed by atoms with van der Waals surface area (Å²) < 4.78 is 0. The standard InChI is InChI=1S/C14H27N/c1-11-2-6-13(7-3-11)14-8-4-12(10-15)5-9-14/h11-14H,2-10,15H2,1H3. The highest BCUT2D eigenvalue weighted by Gasteiger charge is 2.29. The molecule has 1 heteroatoms. The van der Waals surface area contributed by atoms with Gasteiger partial charge in [-0.2, -0.15) is 0 Å². The Morgan fingerprint density at radius 3 is 1.73 bits per heavy atom. The van der Waals surface area contributed by atoms with E-state index in [1.54, 1.807) is 0 Å². The van der Waals surface area contributed by atoms with E-state index in [4.69, 9.17) is 5.73 Å². The van der Waals surface area contributed by atoms with Gasteiger partial charge in [0, 0.05) is 0 Å². The third-order valence-electron chi connectivity index (χ3n) is 4.95. The van der Waals surface area contributed by atoms with Gasteiger partial charge < -0.3 is 5.73 Å². The zero-order valence-corrected chi connectivity index (χ0v) is 10.3. The summed E-state index contributed by atoms with van der Waals surface area (Å²) in [7, 11) is 0. The third-order valence-corrected chi connectivity index (χ3v) is 4.95. The monoisotopic (exact) mass is 209 g/mol. The molecular formula is C14H27N. The Kier molecular flexibility index (Phi) is 4.07. The van der Waals surface area contributed by atoms with Crippen molar-refractivity contribution < 1.29 is 0 Å². The van der Waals surface area contributed by atoms with Crippen molar-refractivity contribution in [3.05, 3.63) is 0 Å². The fraction of sp³-hybridized carbons (Fsp3) is 1.00. The number of rotatable bonds is 2. The Labute approximate surface area is 94.8 Å². The lowest BCUT2D eigenvalue weighted by molar-refractivity contribution is 0.152. The van der Waals surface area contributed by atoms with E-state index in [-0.39, 0.29) is 0 Å². The minimum atomic E-state index is 0.851. The molecule has 0 heterocycles. The lowest BCUT2D eigenvalue weighted by Gasteiger charge is -2.37. The smallest absolute Gasteiger partial charge is 0.00489 e. The predicted molar refractivity (Wildman–Crippen MR) is 65.6 cm³/mol. The van der Waals surface area contributed by atoms with Gasteiger partial charge in [0.25, 0.3) is 0 Å². The fourth-order valence-electron chi connectivity index (χ4n) is 3.65. The van der Waals surface area contributed by atoms with Crippen molar-refractivity contribution in [2.24, 2.45) is 29.4 Å². The average Bonchev–Trinajstić information content (AvgIpc) is 2.30. The van der Waals surface area contributed by atoms with Gasteiger partial charge in [-0.05, 0) is 68.7 Å². The van der Waals surface area contributed by atoms with Crippen molar-refractivity contribution in [2.45, 2.75) is 58.3 Å². The highest BCUT2D eigenvalue weighted by atomic mass is 14.6. The van der Waals surface area contributed by atoms with Gasteiger partial charge in [-0.25, -0.2) is 0 Å². The SMILES string of the molecule is CC1CCC(C2CCC(CN)CC2)CC1. The molecule has 0 spiro atoms. The van der Waals surface area contributed by atoms with Gasteiger partial charge in [-0.1, -0.05) is 19.8 Å². The van der Waals surface area contributed by atoms with Crippen LogP contribution in [-0.4, -0.2) is 6.54 Å². The molecule has 2 N–H and O–H groups in total. The molecule has 0 aromatic rings. The summed E-state index contributed by atoms with van der Waals surface area (Å²) in [5.74, 6) is 3.98. The first-order valence-corrected chi connectivity index (χ1v) is 6.99. The van der Waals surface area contributed by atoms with Crippen molar-refractivity contribution in [1.82, 2.24) is 0 Å². The summed E-state index contributed by atoms with van der Waals surface area (Å²) in [5.41, 5.74) is 5.75. The summed E-state index contributed by atoms with van der Waals surface area (Å²) in [6.45, 7) is 3.34. The highest BCUT2D eigenvalue weighted by molar-refractivity contribution is 4.81. The summed E-state index contributed by atoms with van der Waals surface area (Å²) in [4.78, 5) is 0. The van der Waals surface area contributed by atoms with Gasteiger partial charge in [-0.3, -0.25) is 0 Å². The van der Waals surface area contributed by atoms with Crippen LogP contribution in [-0.2, 0) is 0 Å². The molecule has 2 aliphatic rings. The third kappa shape index (κ3) is 2.96. The molecular weight excluding hydrogens is 182 g/mol. The highest BCUT2D eigenvalue weighted by Crippen LogP contribution is 2.40. The first kappa shape index (κ1) is 11.4. The van der Waals surface area contributed by atoms with Crippen LogP contribution >= 0.6 is 0 Å². The van der Waals surface area contributed by atoms with Crippen LogP contribution in [0.3, 0.4) is 0 Å². The molecule has 2 aliphatic carbocycles. The molecule has 15 heavy (non-hydrogen) atoms. The van der Waals surface area contributed by atoms with Crippen molar-refractivity contribution in [3.8, 4) is 0 Å². The van der Waals surface area contributed by atoms with Crippen molar-refractivity contribution in [1.29, 1.82) is 0 Å². The van der Waals surface area contributed by atoms with Gasteiger partial charge in [0.15, 0.2) is 0 Å². The molecule has 2 rings (SSSR count). The Morgan fingerprint density at radius 2 is 1.27 bits per heavy atom. The normalized spacial score (nSPS) is 42.8. The van der Waals surface area contributed by atoms with Gasteiger partial charge >= 0.3 is 0 Å². The number of nitrogens with two attached hydrogens (primary N) is 1. The molecule has 0 aromatic carbocycles. The van der Waals surface area contributed by atoms with Crippen LogP contribution in [0.5, 0.6) is 0 Å². The molecule has 0 atom stereocenters. The van der Waals surface area contributed by atoms with Gasteiger partial charge in [0.2, 0.25) is 0 Å². The molecule has 1 nitrogen and oxygen atoms in total. The van der Waals surface area contributed by atoms with Crippen LogP contribution < -0.4 is 5.73 Å². The summed E-state index contributed by atoms with van der Waals surface area (Å²) >= 11 is 0. The minimum absolute atomic E-state index is 0.851. The summed E-state index contributed by atoms with van der Waals surface area (Å²) in [6.07, 6.45) is 11.8. The zero-order valence-electron chi connectivity index (χ0n) is 10.3. The van der Waals surface area contributed by atoms with Crippen molar-refractivity contribution in [3.63, 3.8) is 0 Å². The summed E-state index contributed by atoms with van der Waals surface area (Å²) in [5, 5.41) is 0. The first-order valence-electron chi connectivity index (χ1n) is 6.99. The molecule has 0 aromatic heterocycles. The quantitative estimate of drug-likeness (QED) is 0.739. The van der Waals surface area contributed by atoms with Gasteiger partial charge in [0.1, 0.15) is 0 Å². The molecule has 0 radical (unpaired) electrons. The molecule has 88 valence electrons. The molecule has 0 bridgehead atoms. The van der Waals surface area contributed by atoms with E-state index in [1.165, 1.54) is 51.4 Å². The Balaban J connectivity index is 1.75. The maximum Gasteiger partial charge on any atom is -0.00489 e. The molecule has 0 saturated heterocycles. The van der Waals surface area contributed by atoms with E-state index in [2.05, 4.69) is 6.92 Å². The lowest BCUT2D eigenvalue weighted by Crippen LogP contribution is -2.27. The van der Waals surface area contributed by atoms with Crippen molar-refractivity contribution >= 4 is 0 Å². The second-order valence-electron chi connectivity index (χ2n) is 6.04. The van der Waals surface area contributed by atoms with Crippen LogP contribution in [0.4, 0.5) is 0 Å². The van der Waals surface area contributed by atoms with Crippen LogP contribution in [0.1, 0.15) is 58.3 Å². The topological polar surface area (TPSA) is 26.0 Å². The molecule has 2 fully saturated rings. The minimum Gasteiger partial charge on any atom is -0.330 e. The molecule has 0 unspecified atom stereocenters. The second-order valence-corrected chi connectivity index (χ2v) is 6.04. The van der Waals surface area contributed by atoms with Crippen LogP contribution in [0, 0.1) is 23.7 Å². The largest absolute Gasteiger partial charge is 0.330 e. The van der Waals surface area contributed by atoms with E-state index in [1.807, 2.05) is 0 Å². The van der Waals surface area contributed by atoms with Crippen LogP contribution in [0.25, 0.3) is 0 Å². The molecule has 0 amide bonds.